The van der Waals surface area contributed by atoms with E-state index in [0.717, 1.165) is 22.8 Å². The average molecular weight is 461 g/mol. The van der Waals surface area contributed by atoms with Gasteiger partial charge in [-0.05, 0) is 75.4 Å². The first-order valence-electron chi connectivity index (χ1n) is 11.3. The van der Waals surface area contributed by atoms with E-state index in [-0.39, 0.29) is 24.1 Å². The summed E-state index contributed by atoms with van der Waals surface area (Å²) in [4.78, 5) is 39.8. The third-order valence-electron chi connectivity index (χ3n) is 5.83. The molecule has 0 saturated carbocycles. The van der Waals surface area contributed by atoms with Gasteiger partial charge in [-0.25, -0.2) is 0 Å². The van der Waals surface area contributed by atoms with Crippen molar-refractivity contribution in [1.82, 2.24) is 4.68 Å². The van der Waals surface area contributed by atoms with E-state index >= 15 is 0 Å². The minimum absolute atomic E-state index is 0.102. The molecule has 1 atom stereocenters. The van der Waals surface area contributed by atoms with Gasteiger partial charge in [0, 0.05) is 41.3 Å². The molecule has 2 aromatic carbocycles. The fourth-order valence-corrected chi connectivity index (χ4v) is 4.02. The molecule has 0 radical (unpaired) electrons. The van der Waals surface area contributed by atoms with Crippen LogP contribution in [0.5, 0.6) is 5.75 Å². The van der Waals surface area contributed by atoms with Crippen molar-refractivity contribution in [3.8, 4) is 5.75 Å². The number of aromatic nitrogens is 1. The van der Waals surface area contributed by atoms with E-state index in [0.29, 0.717) is 24.4 Å². The molecule has 8 nitrogen and oxygen atoms in total. The summed E-state index contributed by atoms with van der Waals surface area (Å²) in [5, 5.41) is 2.85. The second-order valence-corrected chi connectivity index (χ2v) is 8.29. The third kappa shape index (κ3) is 4.96. The van der Waals surface area contributed by atoms with Gasteiger partial charge in [0.25, 0.3) is 5.91 Å². The first-order chi connectivity index (χ1) is 16.4. The Bertz CT molecular complexity index is 1200. The van der Waals surface area contributed by atoms with E-state index in [1.807, 2.05) is 57.2 Å². The van der Waals surface area contributed by atoms with E-state index in [1.165, 1.54) is 0 Å². The zero-order valence-corrected chi connectivity index (χ0v) is 19.5. The smallest absolute Gasteiger partial charge is 0.270 e. The van der Waals surface area contributed by atoms with Crippen LogP contribution in [-0.4, -0.2) is 35.5 Å². The molecule has 0 unspecified atom stereocenters. The number of hydrogen-bond acceptors (Lipinski definition) is 4. The van der Waals surface area contributed by atoms with Crippen molar-refractivity contribution < 1.29 is 19.1 Å². The van der Waals surface area contributed by atoms with Crippen LogP contribution in [0.15, 0.2) is 60.7 Å². The Balaban J connectivity index is 1.40. The SMILES string of the molecule is CCOc1ccc(N2C[C@@H](C(=O)Nc3cccc(C(=O)Nn4c(C)ccc4C)c3)CC2=O)cc1. The summed E-state index contributed by atoms with van der Waals surface area (Å²) in [6.45, 7) is 6.59. The zero-order chi connectivity index (χ0) is 24.2. The van der Waals surface area contributed by atoms with Crippen molar-refractivity contribution in [2.75, 3.05) is 28.8 Å². The predicted molar refractivity (Wildman–Crippen MR) is 131 cm³/mol. The number of hydrogen-bond donors (Lipinski definition) is 2. The number of carbonyl (C=O) groups excluding carboxylic acids is 3. The molecule has 0 aliphatic carbocycles. The molecule has 0 spiro atoms. The Morgan fingerprint density at radius 3 is 2.41 bits per heavy atom. The molecule has 3 aromatic rings. The molecule has 3 amide bonds. The molecule has 2 N–H and O–H groups in total. The fourth-order valence-electron chi connectivity index (χ4n) is 4.02. The number of benzene rings is 2. The van der Waals surface area contributed by atoms with Crippen LogP contribution in [0.1, 0.15) is 35.1 Å². The molecule has 1 aromatic heterocycles. The van der Waals surface area contributed by atoms with Gasteiger partial charge in [-0.3, -0.25) is 24.5 Å². The monoisotopic (exact) mass is 460 g/mol. The predicted octanol–water partition coefficient (Wildman–Crippen LogP) is 3.88. The van der Waals surface area contributed by atoms with E-state index in [4.69, 9.17) is 4.74 Å². The summed E-state index contributed by atoms with van der Waals surface area (Å²) in [6, 6.07) is 17.9. The fraction of sp³-hybridized carbons (Fsp3) is 0.269. The molecule has 0 bridgehead atoms. The van der Waals surface area contributed by atoms with Crippen molar-refractivity contribution in [3.63, 3.8) is 0 Å². The van der Waals surface area contributed by atoms with Gasteiger partial charge in [0.05, 0.1) is 12.5 Å². The van der Waals surface area contributed by atoms with Gasteiger partial charge in [0.1, 0.15) is 5.75 Å². The highest BCUT2D eigenvalue weighted by Crippen LogP contribution is 2.28. The second kappa shape index (κ2) is 9.82. The molecule has 2 heterocycles. The Labute approximate surface area is 198 Å². The van der Waals surface area contributed by atoms with Crippen molar-refractivity contribution in [2.45, 2.75) is 27.2 Å². The van der Waals surface area contributed by atoms with Gasteiger partial charge >= 0.3 is 0 Å². The Morgan fingerprint density at radius 2 is 1.74 bits per heavy atom. The summed E-state index contributed by atoms with van der Waals surface area (Å²) in [6.07, 6.45) is 0.130. The zero-order valence-electron chi connectivity index (χ0n) is 19.5. The molecular formula is C26H28N4O4. The summed E-state index contributed by atoms with van der Waals surface area (Å²) in [5.41, 5.74) is 6.35. The van der Waals surface area contributed by atoms with E-state index < -0.39 is 5.92 Å². The summed E-state index contributed by atoms with van der Waals surface area (Å²) < 4.78 is 7.16. The number of amides is 3. The highest BCUT2D eigenvalue weighted by molar-refractivity contribution is 6.05. The van der Waals surface area contributed by atoms with Gasteiger partial charge in [0.15, 0.2) is 0 Å². The molecule has 1 aliphatic heterocycles. The minimum Gasteiger partial charge on any atom is -0.494 e. The highest BCUT2D eigenvalue weighted by atomic mass is 16.5. The third-order valence-corrected chi connectivity index (χ3v) is 5.83. The van der Waals surface area contributed by atoms with Crippen molar-refractivity contribution in [2.24, 2.45) is 5.92 Å². The summed E-state index contributed by atoms with van der Waals surface area (Å²) in [7, 11) is 0. The Hall–Kier alpha value is -4.07. The van der Waals surface area contributed by atoms with Gasteiger partial charge in [0.2, 0.25) is 11.8 Å². The quantitative estimate of drug-likeness (QED) is 0.560. The van der Waals surface area contributed by atoms with Crippen molar-refractivity contribution in [1.29, 1.82) is 0 Å². The van der Waals surface area contributed by atoms with Gasteiger partial charge in [-0.2, -0.15) is 0 Å². The number of ether oxygens (including phenoxy) is 1. The van der Waals surface area contributed by atoms with Crippen LogP contribution >= 0.6 is 0 Å². The molecule has 34 heavy (non-hydrogen) atoms. The molecule has 8 heteroatoms. The molecular weight excluding hydrogens is 432 g/mol. The number of rotatable bonds is 7. The molecule has 1 fully saturated rings. The molecule has 1 saturated heterocycles. The molecule has 176 valence electrons. The lowest BCUT2D eigenvalue weighted by atomic mass is 10.1. The maximum Gasteiger partial charge on any atom is 0.270 e. The van der Waals surface area contributed by atoms with Crippen LogP contribution in [0.4, 0.5) is 11.4 Å². The molecule has 4 rings (SSSR count). The number of carbonyl (C=O) groups is 3. The van der Waals surface area contributed by atoms with Crippen LogP contribution < -0.4 is 20.4 Å². The topological polar surface area (TPSA) is 92.7 Å². The largest absolute Gasteiger partial charge is 0.494 e. The lowest BCUT2D eigenvalue weighted by Gasteiger charge is -2.17. The Morgan fingerprint density at radius 1 is 1.03 bits per heavy atom. The lowest BCUT2D eigenvalue weighted by Crippen LogP contribution is -2.28. The lowest BCUT2D eigenvalue weighted by molar-refractivity contribution is -0.122. The maximum absolute atomic E-state index is 12.9. The number of nitrogens with one attached hydrogen (secondary N) is 2. The van der Waals surface area contributed by atoms with Crippen LogP contribution in [0.25, 0.3) is 0 Å². The minimum atomic E-state index is -0.485. The van der Waals surface area contributed by atoms with Crippen molar-refractivity contribution in [3.05, 3.63) is 77.6 Å². The average Bonchev–Trinajstić information content (AvgIpc) is 3.37. The van der Waals surface area contributed by atoms with E-state index in [1.54, 1.807) is 33.8 Å². The van der Waals surface area contributed by atoms with Gasteiger partial charge in [-0.15, -0.1) is 0 Å². The number of anilines is 2. The molecule has 1 aliphatic rings. The van der Waals surface area contributed by atoms with E-state index in [9.17, 15) is 14.4 Å². The normalized spacial score (nSPS) is 15.3. The first kappa shape index (κ1) is 23.1. The van der Waals surface area contributed by atoms with Crippen LogP contribution in [0.2, 0.25) is 0 Å². The van der Waals surface area contributed by atoms with Gasteiger partial charge in [-0.1, -0.05) is 6.07 Å². The number of nitrogens with zero attached hydrogens (tertiary/aromatic N) is 2. The van der Waals surface area contributed by atoms with Crippen LogP contribution in [-0.2, 0) is 9.59 Å². The summed E-state index contributed by atoms with van der Waals surface area (Å²) in [5.74, 6) is -0.387. The highest BCUT2D eigenvalue weighted by Gasteiger charge is 2.35. The van der Waals surface area contributed by atoms with Gasteiger partial charge < -0.3 is 15.0 Å². The van der Waals surface area contributed by atoms with E-state index in [2.05, 4.69) is 10.7 Å². The Kier molecular flexibility index (Phi) is 6.67. The summed E-state index contributed by atoms with van der Waals surface area (Å²) >= 11 is 0. The standard InChI is InChI=1S/C26H28N4O4/c1-4-34-23-12-10-22(11-13-23)29-16-20(15-24(29)31)25(32)27-21-7-5-6-19(14-21)26(33)28-30-17(2)8-9-18(30)3/h5-14,20H,4,15-16H2,1-3H3,(H,27,32)(H,28,33)/t20-/m0/s1. The van der Waals surface area contributed by atoms with Crippen molar-refractivity contribution >= 4 is 29.1 Å². The maximum atomic E-state index is 12.9. The second-order valence-electron chi connectivity index (χ2n) is 8.29. The first-order valence-corrected chi connectivity index (χ1v) is 11.3. The van der Waals surface area contributed by atoms with Crippen LogP contribution in [0, 0.1) is 19.8 Å². The van der Waals surface area contributed by atoms with Crippen LogP contribution in [0.3, 0.4) is 0 Å². The number of aryl methyl sites for hydroxylation is 2.